The number of hydrogen-bond acceptors (Lipinski definition) is 5. The Kier molecular flexibility index (Phi) is 5.93. The smallest absolute Gasteiger partial charge is 0.269 e. The number of nitro groups is 1. The number of carbonyl (C=O) groups excluding carboxylic acids is 1. The number of anilines is 1. The third-order valence-corrected chi connectivity index (χ3v) is 5.47. The van der Waals surface area contributed by atoms with Crippen molar-refractivity contribution in [1.29, 1.82) is 0 Å². The summed E-state index contributed by atoms with van der Waals surface area (Å²) in [6, 6.07) is 16.1. The number of fused-ring (bicyclic) bond motifs is 1. The Morgan fingerprint density at radius 2 is 1.94 bits per heavy atom. The number of pyridine rings is 1. The normalized spacial score (nSPS) is 13.4. The molecule has 31 heavy (non-hydrogen) atoms. The average molecular weight is 416 g/mol. The number of nitro benzene ring substituents is 1. The average Bonchev–Trinajstić information content (AvgIpc) is 3.32. The molecule has 1 fully saturated rings. The van der Waals surface area contributed by atoms with E-state index in [4.69, 9.17) is 4.98 Å². The molecular formula is C24H24N4O3. The zero-order valence-electron chi connectivity index (χ0n) is 17.2. The molecule has 0 N–H and O–H groups in total. The lowest BCUT2D eigenvalue weighted by Gasteiger charge is -2.25. The summed E-state index contributed by atoms with van der Waals surface area (Å²) in [4.78, 5) is 33.0. The van der Waals surface area contributed by atoms with Crippen molar-refractivity contribution < 1.29 is 9.72 Å². The molecule has 158 valence electrons. The predicted molar refractivity (Wildman–Crippen MR) is 121 cm³/mol. The van der Waals surface area contributed by atoms with E-state index < -0.39 is 4.92 Å². The van der Waals surface area contributed by atoms with Gasteiger partial charge in [0.2, 0.25) is 0 Å². The van der Waals surface area contributed by atoms with E-state index in [1.54, 1.807) is 23.1 Å². The summed E-state index contributed by atoms with van der Waals surface area (Å²) in [5, 5.41) is 12.0. The highest BCUT2D eigenvalue weighted by molar-refractivity contribution is 6.02. The van der Waals surface area contributed by atoms with E-state index in [0.29, 0.717) is 23.5 Å². The van der Waals surface area contributed by atoms with Gasteiger partial charge in [0.15, 0.2) is 0 Å². The van der Waals surface area contributed by atoms with Gasteiger partial charge in [0.05, 0.1) is 16.0 Å². The number of non-ortho nitro benzene ring substituents is 1. The van der Waals surface area contributed by atoms with E-state index in [2.05, 4.69) is 11.5 Å². The van der Waals surface area contributed by atoms with Gasteiger partial charge in [0, 0.05) is 43.7 Å². The van der Waals surface area contributed by atoms with Crippen LogP contribution in [0, 0.1) is 10.1 Å². The van der Waals surface area contributed by atoms with Gasteiger partial charge in [-0.05, 0) is 30.5 Å². The quantitative estimate of drug-likeness (QED) is 0.320. The molecule has 0 radical (unpaired) electrons. The largest absolute Gasteiger partial charge is 0.356 e. The molecule has 1 aliphatic rings. The van der Waals surface area contributed by atoms with Crippen LogP contribution in [0.4, 0.5) is 11.5 Å². The van der Waals surface area contributed by atoms with Crippen LogP contribution in [0.5, 0.6) is 0 Å². The molecule has 0 saturated carbocycles. The van der Waals surface area contributed by atoms with Gasteiger partial charge >= 0.3 is 0 Å². The van der Waals surface area contributed by atoms with Crippen LogP contribution in [0.25, 0.3) is 10.9 Å². The summed E-state index contributed by atoms with van der Waals surface area (Å²) in [7, 11) is 0. The highest BCUT2D eigenvalue weighted by Gasteiger charge is 2.25. The van der Waals surface area contributed by atoms with Gasteiger partial charge in [0.1, 0.15) is 5.82 Å². The van der Waals surface area contributed by atoms with Crippen LogP contribution >= 0.6 is 0 Å². The van der Waals surface area contributed by atoms with Crippen molar-refractivity contribution in [3.63, 3.8) is 0 Å². The third-order valence-electron chi connectivity index (χ3n) is 5.47. The molecule has 0 spiro atoms. The topological polar surface area (TPSA) is 79.6 Å². The summed E-state index contributed by atoms with van der Waals surface area (Å²) in [6.07, 6.45) is 3.82. The van der Waals surface area contributed by atoms with Crippen molar-refractivity contribution in [1.82, 2.24) is 9.88 Å². The standard InChI is InChI=1S/C24H24N4O3/c1-2-12-27(17-18-8-7-10-20(15-18)28(30)31)24(29)21-16-19-9-3-4-11-22(19)25-23(21)26-13-5-6-14-26/h2-4,7-11,15-16H,1,5-6,12-14,17H2. The van der Waals surface area contributed by atoms with E-state index in [0.717, 1.165) is 36.8 Å². The Labute approximate surface area is 180 Å². The minimum absolute atomic E-state index is 0.00799. The lowest BCUT2D eigenvalue weighted by molar-refractivity contribution is -0.384. The first kappa shape index (κ1) is 20.5. The number of amides is 1. The fourth-order valence-corrected chi connectivity index (χ4v) is 3.97. The van der Waals surface area contributed by atoms with E-state index in [1.807, 2.05) is 30.3 Å². The van der Waals surface area contributed by atoms with Gasteiger partial charge in [-0.2, -0.15) is 0 Å². The molecule has 1 amide bonds. The van der Waals surface area contributed by atoms with Crippen LogP contribution in [-0.2, 0) is 6.54 Å². The van der Waals surface area contributed by atoms with Crippen molar-refractivity contribution in [3.05, 3.63) is 88.5 Å². The number of aromatic nitrogens is 1. The summed E-state index contributed by atoms with van der Waals surface area (Å²) >= 11 is 0. The lowest BCUT2D eigenvalue weighted by atomic mass is 10.1. The fourth-order valence-electron chi connectivity index (χ4n) is 3.97. The molecule has 1 saturated heterocycles. The monoisotopic (exact) mass is 416 g/mol. The van der Waals surface area contributed by atoms with Gasteiger partial charge in [0.25, 0.3) is 11.6 Å². The van der Waals surface area contributed by atoms with Crippen LogP contribution in [-0.4, -0.2) is 40.3 Å². The minimum Gasteiger partial charge on any atom is -0.356 e. The minimum atomic E-state index is -0.429. The maximum Gasteiger partial charge on any atom is 0.269 e. The van der Waals surface area contributed by atoms with Crippen molar-refractivity contribution in [2.75, 3.05) is 24.5 Å². The molecule has 7 heteroatoms. The molecule has 1 aliphatic heterocycles. The van der Waals surface area contributed by atoms with Gasteiger partial charge in [-0.25, -0.2) is 4.98 Å². The van der Waals surface area contributed by atoms with Gasteiger partial charge in [-0.3, -0.25) is 14.9 Å². The number of carbonyl (C=O) groups is 1. The Bertz CT molecular complexity index is 1140. The molecule has 0 aliphatic carbocycles. The highest BCUT2D eigenvalue weighted by Crippen LogP contribution is 2.28. The summed E-state index contributed by atoms with van der Waals surface area (Å²) in [6.45, 7) is 6.11. The molecular weight excluding hydrogens is 392 g/mol. The second kappa shape index (κ2) is 8.95. The molecule has 0 atom stereocenters. The second-order valence-corrected chi connectivity index (χ2v) is 7.65. The van der Waals surface area contributed by atoms with Crippen LogP contribution in [0.3, 0.4) is 0 Å². The summed E-state index contributed by atoms with van der Waals surface area (Å²) in [5.74, 6) is 0.542. The first-order valence-electron chi connectivity index (χ1n) is 10.3. The van der Waals surface area contributed by atoms with Crippen LogP contribution in [0.1, 0.15) is 28.8 Å². The van der Waals surface area contributed by atoms with Crippen LogP contribution in [0.2, 0.25) is 0 Å². The molecule has 3 aromatic rings. The number of rotatable bonds is 7. The Hall–Kier alpha value is -3.74. The molecule has 4 rings (SSSR count). The first-order chi connectivity index (χ1) is 15.1. The summed E-state index contributed by atoms with van der Waals surface area (Å²) in [5.41, 5.74) is 2.11. The predicted octanol–water partition coefficient (Wildman–Crippen LogP) is 4.57. The van der Waals surface area contributed by atoms with Gasteiger partial charge in [-0.1, -0.05) is 36.4 Å². The fraction of sp³-hybridized carbons (Fsp3) is 0.250. The highest BCUT2D eigenvalue weighted by atomic mass is 16.6. The maximum absolute atomic E-state index is 13.7. The second-order valence-electron chi connectivity index (χ2n) is 7.65. The van der Waals surface area contributed by atoms with E-state index in [1.165, 1.54) is 12.1 Å². The lowest BCUT2D eigenvalue weighted by Crippen LogP contribution is -2.33. The van der Waals surface area contributed by atoms with E-state index in [-0.39, 0.29) is 18.1 Å². The van der Waals surface area contributed by atoms with Crippen molar-refractivity contribution in [2.24, 2.45) is 0 Å². The molecule has 7 nitrogen and oxygen atoms in total. The van der Waals surface area contributed by atoms with Crippen molar-refractivity contribution >= 4 is 28.3 Å². The number of para-hydroxylation sites is 1. The first-order valence-corrected chi connectivity index (χ1v) is 10.3. The zero-order valence-corrected chi connectivity index (χ0v) is 17.2. The molecule has 0 bridgehead atoms. The van der Waals surface area contributed by atoms with Crippen molar-refractivity contribution in [3.8, 4) is 0 Å². The molecule has 0 unspecified atom stereocenters. The Morgan fingerprint density at radius 1 is 1.16 bits per heavy atom. The van der Waals surface area contributed by atoms with E-state index >= 15 is 0 Å². The number of benzene rings is 2. The van der Waals surface area contributed by atoms with Crippen molar-refractivity contribution in [2.45, 2.75) is 19.4 Å². The third kappa shape index (κ3) is 4.40. The molecule has 1 aromatic heterocycles. The Morgan fingerprint density at radius 3 is 2.68 bits per heavy atom. The molecule has 2 aromatic carbocycles. The Balaban J connectivity index is 1.72. The van der Waals surface area contributed by atoms with Crippen LogP contribution in [0.15, 0.2) is 67.3 Å². The van der Waals surface area contributed by atoms with E-state index in [9.17, 15) is 14.9 Å². The molecule has 2 heterocycles. The van der Waals surface area contributed by atoms with Gasteiger partial charge < -0.3 is 9.80 Å². The van der Waals surface area contributed by atoms with Gasteiger partial charge in [-0.15, -0.1) is 6.58 Å². The van der Waals surface area contributed by atoms with Crippen LogP contribution < -0.4 is 4.90 Å². The number of nitrogens with zero attached hydrogens (tertiary/aromatic N) is 4. The summed E-state index contributed by atoms with van der Waals surface area (Å²) < 4.78 is 0. The zero-order chi connectivity index (χ0) is 21.8. The maximum atomic E-state index is 13.7. The number of hydrogen-bond donors (Lipinski definition) is 0. The SMILES string of the molecule is C=CCN(Cc1cccc([N+](=O)[O-])c1)C(=O)c1cc2ccccc2nc1N1CCCC1.